The summed E-state index contributed by atoms with van der Waals surface area (Å²) in [4.78, 5) is 13.8. The minimum absolute atomic E-state index is 0.183. The number of nitrogens with one attached hydrogen (secondary N) is 1. The molecule has 0 unspecified atom stereocenters. The molecule has 2 amide bonds. The number of nitrogens with zero attached hydrogens (tertiary/aromatic N) is 1. The maximum Gasteiger partial charge on any atom is 0.321 e. The van der Waals surface area contributed by atoms with Gasteiger partial charge in [-0.25, -0.2) is 4.79 Å². The van der Waals surface area contributed by atoms with Gasteiger partial charge in [0.05, 0.1) is 19.3 Å². The number of benzene rings is 2. The lowest BCUT2D eigenvalue weighted by atomic mass is 10.2. The highest BCUT2D eigenvalue weighted by molar-refractivity contribution is 9.10. The third-order valence-electron chi connectivity index (χ3n) is 3.47. The quantitative estimate of drug-likeness (QED) is 0.796. The average Bonchev–Trinajstić information content (AvgIpc) is 2.57. The summed E-state index contributed by atoms with van der Waals surface area (Å²) in [6.07, 6.45) is 0. The molecule has 6 heteroatoms. The molecule has 0 bridgehead atoms. The van der Waals surface area contributed by atoms with Crippen LogP contribution in [0.4, 0.5) is 10.5 Å². The van der Waals surface area contributed by atoms with Crippen LogP contribution in [0, 0.1) is 6.92 Å². The van der Waals surface area contributed by atoms with E-state index in [-0.39, 0.29) is 6.03 Å². The van der Waals surface area contributed by atoms with Gasteiger partial charge in [0, 0.05) is 11.5 Å². The SMILES string of the molecule is COc1ccc(OCCN(C)C(=O)Nc2ccc(C)cc2Br)cc1. The Morgan fingerprint density at radius 3 is 2.46 bits per heavy atom. The van der Waals surface area contributed by atoms with Gasteiger partial charge in [0.15, 0.2) is 0 Å². The maximum atomic E-state index is 12.2. The topological polar surface area (TPSA) is 50.8 Å². The Bertz CT molecular complexity index is 689. The zero-order valence-corrected chi connectivity index (χ0v) is 15.6. The van der Waals surface area contributed by atoms with Crippen LogP contribution >= 0.6 is 15.9 Å². The smallest absolute Gasteiger partial charge is 0.321 e. The Labute approximate surface area is 150 Å². The fraction of sp³-hybridized carbons (Fsp3) is 0.278. The molecule has 1 N–H and O–H groups in total. The number of methoxy groups -OCH3 is 1. The Hall–Kier alpha value is -2.21. The van der Waals surface area contributed by atoms with Gasteiger partial charge in [0.1, 0.15) is 18.1 Å². The van der Waals surface area contributed by atoms with Crippen LogP contribution in [0.3, 0.4) is 0 Å². The molecule has 24 heavy (non-hydrogen) atoms. The highest BCUT2D eigenvalue weighted by Crippen LogP contribution is 2.23. The van der Waals surface area contributed by atoms with E-state index in [1.54, 1.807) is 19.1 Å². The van der Waals surface area contributed by atoms with Gasteiger partial charge in [-0.2, -0.15) is 0 Å². The molecule has 0 saturated heterocycles. The first-order valence-electron chi connectivity index (χ1n) is 7.54. The van der Waals surface area contributed by atoms with E-state index < -0.39 is 0 Å². The zero-order valence-electron chi connectivity index (χ0n) is 14.0. The Morgan fingerprint density at radius 1 is 1.17 bits per heavy atom. The summed E-state index contributed by atoms with van der Waals surface area (Å²) in [6, 6.07) is 12.9. The van der Waals surface area contributed by atoms with Crippen LogP contribution in [0.5, 0.6) is 11.5 Å². The Morgan fingerprint density at radius 2 is 1.83 bits per heavy atom. The predicted molar refractivity (Wildman–Crippen MR) is 99.0 cm³/mol. The van der Waals surface area contributed by atoms with E-state index in [2.05, 4.69) is 21.2 Å². The van der Waals surface area contributed by atoms with Crippen LogP contribution in [-0.2, 0) is 0 Å². The molecule has 0 fully saturated rings. The van der Waals surface area contributed by atoms with E-state index in [1.807, 2.05) is 49.4 Å². The fourth-order valence-electron chi connectivity index (χ4n) is 2.01. The molecule has 2 aromatic carbocycles. The fourth-order valence-corrected chi connectivity index (χ4v) is 2.60. The number of anilines is 1. The lowest BCUT2D eigenvalue weighted by Crippen LogP contribution is -2.34. The number of carbonyl (C=O) groups is 1. The predicted octanol–water partition coefficient (Wildman–Crippen LogP) is 4.31. The summed E-state index contributed by atoms with van der Waals surface area (Å²) in [5, 5.41) is 2.87. The molecule has 2 aromatic rings. The standard InChI is InChI=1S/C18H21BrN2O3/c1-13-4-9-17(16(19)12-13)20-18(22)21(2)10-11-24-15-7-5-14(23-3)6-8-15/h4-9,12H,10-11H2,1-3H3,(H,20,22). The molecule has 0 aliphatic carbocycles. The average molecular weight is 393 g/mol. The lowest BCUT2D eigenvalue weighted by Gasteiger charge is -2.19. The number of amides is 2. The number of urea groups is 1. The van der Waals surface area contributed by atoms with Crippen LogP contribution in [0.2, 0.25) is 0 Å². The van der Waals surface area contributed by atoms with Crippen LogP contribution in [0.1, 0.15) is 5.56 Å². The number of hydrogen-bond donors (Lipinski definition) is 1. The van der Waals surface area contributed by atoms with Crippen molar-refractivity contribution in [2.24, 2.45) is 0 Å². The summed E-state index contributed by atoms with van der Waals surface area (Å²) < 4.78 is 11.6. The van der Waals surface area contributed by atoms with Crippen molar-refractivity contribution in [2.75, 3.05) is 32.6 Å². The van der Waals surface area contributed by atoms with Gasteiger partial charge in [-0.3, -0.25) is 0 Å². The molecule has 0 saturated carbocycles. The molecule has 5 nitrogen and oxygen atoms in total. The third-order valence-corrected chi connectivity index (χ3v) is 4.12. The largest absolute Gasteiger partial charge is 0.497 e. The monoisotopic (exact) mass is 392 g/mol. The number of ether oxygens (including phenoxy) is 2. The minimum Gasteiger partial charge on any atom is -0.497 e. The first-order chi connectivity index (χ1) is 11.5. The summed E-state index contributed by atoms with van der Waals surface area (Å²) in [7, 11) is 3.35. The highest BCUT2D eigenvalue weighted by atomic mass is 79.9. The van der Waals surface area contributed by atoms with E-state index >= 15 is 0 Å². The van der Waals surface area contributed by atoms with Crippen molar-refractivity contribution >= 4 is 27.6 Å². The van der Waals surface area contributed by atoms with Gasteiger partial charge in [-0.15, -0.1) is 0 Å². The summed E-state index contributed by atoms with van der Waals surface area (Å²) in [6.45, 7) is 2.88. The van der Waals surface area contributed by atoms with Crippen LogP contribution in [-0.4, -0.2) is 38.2 Å². The number of likely N-dealkylation sites (N-methyl/N-ethyl adjacent to an activating group) is 1. The van der Waals surface area contributed by atoms with Gasteiger partial charge >= 0.3 is 6.03 Å². The summed E-state index contributed by atoms with van der Waals surface area (Å²) in [5.41, 5.74) is 1.87. The van der Waals surface area contributed by atoms with E-state index in [1.165, 1.54) is 0 Å². The first-order valence-corrected chi connectivity index (χ1v) is 8.34. The first kappa shape index (κ1) is 18.1. The van der Waals surface area contributed by atoms with Crippen molar-refractivity contribution < 1.29 is 14.3 Å². The maximum absolute atomic E-state index is 12.2. The normalized spacial score (nSPS) is 10.2. The molecular weight excluding hydrogens is 372 g/mol. The van der Waals surface area contributed by atoms with Crippen molar-refractivity contribution in [3.8, 4) is 11.5 Å². The second-order valence-electron chi connectivity index (χ2n) is 5.36. The summed E-state index contributed by atoms with van der Waals surface area (Å²) >= 11 is 3.45. The number of hydrogen-bond acceptors (Lipinski definition) is 3. The number of halogens is 1. The van der Waals surface area contributed by atoms with Gasteiger partial charge in [-0.05, 0) is 64.8 Å². The van der Waals surface area contributed by atoms with Crippen molar-refractivity contribution in [1.29, 1.82) is 0 Å². The molecule has 0 aliphatic rings. The van der Waals surface area contributed by atoms with E-state index in [9.17, 15) is 4.79 Å². The van der Waals surface area contributed by atoms with E-state index in [0.29, 0.717) is 13.2 Å². The molecule has 2 rings (SSSR count). The van der Waals surface area contributed by atoms with Crippen molar-refractivity contribution in [3.63, 3.8) is 0 Å². The second kappa shape index (κ2) is 8.59. The van der Waals surface area contributed by atoms with Crippen molar-refractivity contribution in [2.45, 2.75) is 6.92 Å². The van der Waals surface area contributed by atoms with Gasteiger partial charge < -0.3 is 19.7 Å². The highest BCUT2D eigenvalue weighted by Gasteiger charge is 2.10. The van der Waals surface area contributed by atoms with Crippen LogP contribution in [0.25, 0.3) is 0 Å². The molecule has 0 radical (unpaired) electrons. The Balaban J connectivity index is 1.80. The molecule has 0 spiro atoms. The molecular formula is C18H21BrN2O3. The molecule has 0 aliphatic heterocycles. The molecule has 0 aromatic heterocycles. The summed E-state index contributed by atoms with van der Waals surface area (Å²) in [5.74, 6) is 1.52. The molecule has 0 atom stereocenters. The van der Waals surface area contributed by atoms with Crippen molar-refractivity contribution in [3.05, 3.63) is 52.5 Å². The Kier molecular flexibility index (Phi) is 6.49. The van der Waals surface area contributed by atoms with Crippen molar-refractivity contribution in [1.82, 2.24) is 4.90 Å². The number of aryl methyl sites for hydroxylation is 1. The molecule has 128 valence electrons. The van der Waals surface area contributed by atoms with E-state index in [0.717, 1.165) is 27.2 Å². The van der Waals surface area contributed by atoms with Gasteiger partial charge in [0.2, 0.25) is 0 Å². The number of carbonyl (C=O) groups excluding carboxylic acids is 1. The second-order valence-corrected chi connectivity index (χ2v) is 6.21. The van der Waals surface area contributed by atoms with Gasteiger partial charge in [-0.1, -0.05) is 6.07 Å². The molecule has 0 heterocycles. The van der Waals surface area contributed by atoms with Crippen LogP contribution < -0.4 is 14.8 Å². The van der Waals surface area contributed by atoms with Gasteiger partial charge in [0.25, 0.3) is 0 Å². The minimum atomic E-state index is -0.183. The van der Waals surface area contributed by atoms with Crippen LogP contribution in [0.15, 0.2) is 46.9 Å². The third kappa shape index (κ3) is 5.16. The number of rotatable bonds is 6. The van der Waals surface area contributed by atoms with E-state index in [4.69, 9.17) is 9.47 Å². The zero-order chi connectivity index (χ0) is 17.5. The lowest BCUT2D eigenvalue weighted by molar-refractivity contribution is 0.207.